The van der Waals surface area contributed by atoms with Crippen molar-refractivity contribution in [3.63, 3.8) is 0 Å². The number of hydrogen-bond acceptors (Lipinski definition) is 4. The molecule has 0 amide bonds. The first-order valence-corrected chi connectivity index (χ1v) is 10.9. The fourth-order valence-corrected chi connectivity index (χ4v) is 4.45. The van der Waals surface area contributed by atoms with E-state index in [1.54, 1.807) is 0 Å². The first kappa shape index (κ1) is 19.0. The predicted octanol–water partition coefficient (Wildman–Crippen LogP) is 4.41. The molecule has 4 aromatic rings. The molecule has 0 unspecified atom stereocenters. The van der Waals surface area contributed by atoms with Crippen LogP contribution in [-0.2, 0) is 13.1 Å². The molecule has 154 valence electrons. The van der Waals surface area contributed by atoms with E-state index in [2.05, 4.69) is 58.4 Å². The van der Waals surface area contributed by atoms with Gasteiger partial charge in [-0.25, -0.2) is 14.3 Å². The number of piperidine rings is 1. The van der Waals surface area contributed by atoms with Gasteiger partial charge in [-0.3, -0.25) is 4.90 Å². The third-order valence-corrected chi connectivity index (χ3v) is 5.98. The molecule has 1 aromatic carbocycles. The summed E-state index contributed by atoms with van der Waals surface area (Å²) >= 11 is 0. The minimum Gasteiger partial charge on any atom is -0.298 e. The lowest BCUT2D eigenvalue weighted by molar-refractivity contribution is 0.198. The number of aromatic nitrogens is 5. The van der Waals surface area contributed by atoms with Gasteiger partial charge in [-0.15, -0.1) is 0 Å². The van der Waals surface area contributed by atoms with Crippen LogP contribution in [0.25, 0.3) is 16.7 Å². The zero-order valence-corrected chi connectivity index (χ0v) is 17.5. The number of likely N-dealkylation sites (tertiary alicyclic amines) is 1. The maximum Gasteiger partial charge on any atom is 0.157 e. The van der Waals surface area contributed by atoms with Crippen LogP contribution in [0.5, 0.6) is 0 Å². The van der Waals surface area contributed by atoms with Crippen LogP contribution < -0.4 is 0 Å². The smallest absolute Gasteiger partial charge is 0.157 e. The zero-order valence-electron chi connectivity index (χ0n) is 17.5. The summed E-state index contributed by atoms with van der Waals surface area (Å²) < 4.78 is 3.94. The second-order valence-corrected chi connectivity index (χ2v) is 8.21. The van der Waals surface area contributed by atoms with Crippen LogP contribution in [0.1, 0.15) is 43.4 Å². The second kappa shape index (κ2) is 8.40. The average molecular weight is 401 g/mol. The van der Waals surface area contributed by atoms with Crippen molar-refractivity contribution in [2.45, 2.75) is 45.2 Å². The summed E-state index contributed by atoms with van der Waals surface area (Å²) in [6.45, 7) is 6.28. The second-order valence-electron chi connectivity index (χ2n) is 8.21. The van der Waals surface area contributed by atoms with Gasteiger partial charge in [0.1, 0.15) is 0 Å². The van der Waals surface area contributed by atoms with Gasteiger partial charge in [-0.2, -0.15) is 10.2 Å². The van der Waals surface area contributed by atoms with Gasteiger partial charge in [-0.05, 0) is 61.7 Å². The van der Waals surface area contributed by atoms with E-state index in [1.165, 1.54) is 24.1 Å². The molecule has 1 saturated heterocycles. The van der Waals surface area contributed by atoms with E-state index in [9.17, 15) is 0 Å². The molecule has 0 aliphatic carbocycles. The summed E-state index contributed by atoms with van der Waals surface area (Å²) in [6, 6.07) is 15.1. The molecule has 4 heterocycles. The molecule has 30 heavy (non-hydrogen) atoms. The Labute approximate surface area is 177 Å². The molecule has 3 aromatic heterocycles. The van der Waals surface area contributed by atoms with Gasteiger partial charge in [0.2, 0.25) is 0 Å². The van der Waals surface area contributed by atoms with Crippen LogP contribution >= 0.6 is 0 Å². The molecule has 0 saturated carbocycles. The normalized spacial score (nSPS) is 17.6. The van der Waals surface area contributed by atoms with Gasteiger partial charge < -0.3 is 0 Å². The van der Waals surface area contributed by atoms with Crippen LogP contribution in [-0.4, -0.2) is 42.5 Å². The third kappa shape index (κ3) is 3.87. The number of benzene rings is 1. The number of hydrogen-bond donors (Lipinski definition) is 0. The van der Waals surface area contributed by atoms with Crippen molar-refractivity contribution in [2.24, 2.45) is 0 Å². The summed E-state index contributed by atoms with van der Waals surface area (Å²) in [4.78, 5) is 7.58. The lowest BCUT2D eigenvalue weighted by Gasteiger charge is -2.32. The summed E-state index contributed by atoms with van der Waals surface area (Å²) in [6.07, 6.45) is 9.20. The standard InChI is InChI=1S/C24H28N6/c1-2-13-30-24-20(16-26-30)8-11-23(27-24)21-5-3-14-28(18-21)17-19-6-9-22(10-7-19)29-15-4-12-25-29/h4,6-12,15-16,21H,2-3,5,13-14,17-18H2,1H3/t21-/m1/s1. The fraction of sp³-hybridized carbons (Fsp3) is 0.375. The monoisotopic (exact) mass is 400 g/mol. The minimum atomic E-state index is 0.483. The summed E-state index contributed by atoms with van der Waals surface area (Å²) in [5, 5.41) is 9.95. The Morgan fingerprint density at radius 2 is 1.97 bits per heavy atom. The summed E-state index contributed by atoms with van der Waals surface area (Å²) in [5.41, 5.74) is 4.68. The van der Waals surface area contributed by atoms with Gasteiger partial charge in [0.25, 0.3) is 0 Å². The van der Waals surface area contributed by atoms with E-state index >= 15 is 0 Å². The van der Waals surface area contributed by atoms with Gasteiger partial charge >= 0.3 is 0 Å². The zero-order chi connectivity index (χ0) is 20.3. The third-order valence-electron chi connectivity index (χ3n) is 5.98. The van der Waals surface area contributed by atoms with Crippen molar-refractivity contribution in [1.82, 2.24) is 29.4 Å². The largest absolute Gasteiger partial charge is 0.298 e. The molecule has 1 aliphatic rings. The van der Waals surface area contributed by atoms with Crippen LogP contribution in [0.15, 0.2) is 61.1 Å². The first-order valence-electron chi connectivity index (χ1n) is 10.9. The van der Waals surface area contributed by atoms with E-state index in [1.807, 2.05) is 34.0 Å². The van der Waals surface area contributed by atoms with E-state index in [0.29, 0.717) is 5.92 Å². The quantitative estimate of drug-likeness (QED) is 0.481. The van der Waals surface area contributed by atoms with E-state index in [4.69, 9.17) is 4.98 Å². The minimum absolute atomic E-state index is 0.483. The van der Waals surface area contributed by atoms with Gasteiger partial charge in [0.15, 0.2) is 5.65 Å². The van der Waals surface area contributed by atoms with Gasteiger partial charge in [0, 0.05) is 49.0 Å². The summed E-state index contributed by atoms with van der Waals surface area (Å²) in [5.74, 6) is 0.483. The molecule has 5 rings (SSSR count). The fourth-order valence-electron chi connectivity index (χ4n) is 4.45. The molecular weight excluding hydrogens is 372 g/mol. The molecule has 1 aliphatic heterocycles. The first-order chi connectivity index (χ1) is 14.8. The maximum atomic E-state index is 5.02. The van der Waals surface area contributed by atoms with Crippen LogP contribution in [0, 0.1) is 0 Å². The molecule has 1 fully saturated rings. The Morgan fingerprint density at radius 3 is 2.77 bits per heavy atom. The van der Waals surface area contributed by atoms with Crippen molar-refractivity contribution in [3.8, 4) is 5.69 Å². The van der Waals surface area contributed by atoms with Crippen molar-refractivity contribution in [3.05, 3.63) is 72.3 Å². The molecule has 6 nitrogen and oxygen atoms in total. The Hall–Kier alpha value is -2.99. The van der Waals surface area contributed by atoms with Crippen molar-refractivity contribution in [1.29, 1.82) is 0 Å². The lowest BCUT2D eigenvalue weighted by Crippen LogP contribution is -2.34. The highest BCUT2D eigenvalue weighted by atomic mass is 15.3. The number of fused-ring (bicyclic) bond motifs is 1. The number of nitrogens with zero attached hydrogens (tertiary/aromatic N) is 6. The van der Waals surface area contributed by atoms with E-state index in [0.717, 1.165) is 49.3 Å². The molecular formula is C24H28N6. The number of rotatable bonds is 6. The topological polar surface area (TPSA) is 51.8 Å². The van der Waals surface area contributed by atoms with Crippen molar-refractivity contribution >= 4 is 11.0 Å². The van der Waals surface area contributed by atoms with E-state index < -0.39 is 0 Å². The van der Waals surface area contributed by atoms with Crippen LogP contribution in [0.4, 0.5) is 0 Å². The number of aryl methyl sites for hydroxylation is 1. The Balaban J connectivity index is 1.29. The number of pyridine rings is 1. The van der Waals surface area contributed by atoms with Crippen LogP contribution in [0.3, 0.4) is 0 Å². The molecule has 0 bridgehead atoms. The van der Waals surface area contributed by atoms with Crippen LogP contribution in [0.2, 0.25) is 0 Å². The van der Waals surface area contributed by atoms with Crippen molar-refractivity contribution in [2.75, 3.05) is 13.1 Å². The molecule has 0 spiro atoms. The SMILES string of the molecule is CCCn1ncc2ccc([C@@H]3CCCN(Cc4ccc(-n5cccn5)cc4)C3)nc21. The lowest BCUT2D eigenvalue weighted by atomic mass is 9.93. The molecule has 1 atom stereocenters. The maximum absolute atomic E-state index is 5.02. The summed E-state index contributed by atoms with van der Waals surface area (Å²) in [7, 11) is 0. The van der Waals surface area contributed by atoms with Crippen molar-refractivity contribution < 1.29 is 0 Å². The molecule has 0 radical (unpaired) electrons. The molecule has 0 N–H and O–H groups in total. The van der Waals surface area contributed by atoms with Gasteiger partial charge in [0.05, 0.1) is 11.9 Å². The highest BCUT2D eigenvalue weighted by molar-refractivity contribution is 5.74. The highest BCUT2D eigenvalue weighted by Gasteiger charge is 2.23. The Morgan fingerprint density at radius 1 is 1.07 bits per heavy atom. The average Bonchev–Trinajstić information content (AvgIpc) is 3.45. The predicted molar refractivity (Wildman–Crippen MR) is 119 cm³/mol. The highest BCUT2D eigenvalue weighted by Crippen LogP contribution is 2.28. The van der Waals surface area contributed by atoms with E-state index in [-0.39, 0.29) is 0 Å². The van der Waals surface area contributed by atoms with Gasteiger partial charge in [-0.1, -0.05) is 19.1 Å². The Bertz CT molecular complexity index is 1100. The molecule has 6 heteroatoms. The Kier molecular flexibility index (Phi) is 5.32.